The summed E-state index contributed by atoms with van der Waals surface area (Å²) in [4.78, 5) is 4.01. The van der Waals surface area contributed by atoms with Gasteiger partial charge in [-0.25, -0.2) is 4.39 Å². The zero-order valence-electron chi connectivity index (χ0n) is 9.44. The lowest BCUT2D eigenvalue weighted by atomic mass is 9.98. The van der Waals surface area contributed by atoms with Gasteiger partial charge in [0.25, 0.3) is 0 Å². The number of hydrogen-bond acceptors (Lipinski definition) is 1. The van der Waals surface area contributed by atoms with E-state index in [2.05, 4.69) is 18.8 Å². The zero-order valence-corrected chi connectivity index (χ0v) is 9.44. The normalized spacial score (nSPS) is 10.8. The number of hydrogen-bond donors (Lipinski definition) is 0. The van der Waals surface area contributed by atoms with E-state index in [9.17, 15) is 4.39 Å². The molecule has 0 fully saturated rings. The molecule has 0 saturated heterocycles. The van der Waals surface area contributed by atoms with E-state index in [1.54, 1.807) is 12.4 Å². The molecule has 2 heteroatoms. The van der Waals surface area contributed by atoms with Crippen molar-refractivity contribution in [1.82, 2.24) is 4.98 Å². The van der Waals surface area contributed by atoms with Crippen LogP contribution in [0.4, 0.5) is 4.39 Å². The third kappa shape index (κ3) is 2.11. The van der Waals surface area contributed by atoms with E-state index in [-0.39, 0.29) is 5.82 Å². The summed E-state index contributed by atoms with van der Waals surface area (Å²) in [6, 6.07) is 8.95. The Labute approximate surface area is 95.0 Å². The number of aromatic nitrogens is 1. The fourth-order valence-corrected chi connectivity index (χ4v) is 1.65. The van der Waals surface area contributed by atoms with Crippen LogP contribution < -0.4 is 0 Å². The quantitative estimate of drug-likeness (QED) is 0.737. The van der Waals surface area contributed by atoms with Gasteiger partial charge < -0.3 is 0 Å². The molecule has 0 atom stereocenters. The van der Waals surface area contributed by atoms with Crippen LogP contribution in [0, 0.1) is 5.82 Å². The topological polar surface area (TPSA) is 12.9 Å². The predicted octanol–water partition coefficient (Wildman–Crippen LogP) is 4.01. The molecular formula is C14H14FN. The molecule has 1 heterocycles. The maximum atomic E-state index is 13.7. The summed E-state index contributed by atoms with van der Waals surface area (Å²) in [6.45, 7) is 4.19. The summed E-state index contributed by atoms with van der Waals surface area (Å²) in [6.07, 6.45) is 3.37. The van der Waals surface area contributed by atoms with Gasteiger partial charge >= 0.3 is 0 Å². The van der Waals surface area contributed by atoms with Gasteiger partial charge in [0.05, 0.1) is 0 Å². The fraction of sp³-hybridized carbons (Fsp3) is 0.214. The van der Waals surface area contributed by atoms with Crippen LogP contribution in [0.15, 0.2) is 42.7 Å². The van der Waals surface area contributed by atoms with E-state index >= 15 is 0 Å². The van der Waals surface area contributed by atoms with E-state index in [1.165, 1.54) is 6.07 Å². The van der Waals surface area contributed by atoms with Crippen LogP contribution in [-0.4, -0.2) is 4.98 Å². The van der Waals surface area contributed by atoms with Crippen molar-refractivity contribution in [3.05, 3.63) is 54.1 Å². The van der Waals surface area contributed by atoms with Gasteiger partial charge in [-0.05, 0) is 29.7 Å². The Balaban J connectivity index is 2.52. The number of rotatable bonds is 2. The standard InChI is InChI=1S/C14H14FN/c1-10(2)11-5-6-14(15)13(8-11)12-4-3-7-16-9-12/h3-10H,1-2H3. The number of halogens is 1. The summed E-state index contributed by atoms with van der Waals surface area (Å²) in [5.74, 6) is 0.202. The van der Waals surface area contributed by atoms with Crippen LogP contribution in [-0.2, 0) is 0 Å². The Hall–Kier alpha value is -1.70. The molecule has 16 heavy (non-hydrogen) atoms. The highest BCUT2D eigenvalue weighted by molar-refractivity contribution is 5.64. The van der Waals surface area contributed by atoms with Gasteiger partial charge in [-0.1, -0.05) is 26.0 Å². The van der Waals surface area contributed by atoms with Gasteiger partial charge in [-0.3, -0.25) is 4.98 Å². The third-order valence-corrected chi connectivity index (χ3v) is 2.63. The van der Waals surface area contributed by atoms with Gasteiger partial charge in [0, 0.05) is 23.5 Å². The first kappa shape index (κ1) is 10.8. The van der Waals surface area contributed by atoms with Crippen molar-refractivity contribution in [2.24, 2.45) is 0 Å². The minimum atomic E-state index is -0.197. The van der Waals surface area contributed by atoms with E-state index in [1.807, 2.05) is 24.3 Å². The van der Waals surface area contributed by atoms with Crippen molar-refractivity contribution in [3.8, 4) is 11.1 Å². The zero-order chi connectivity index (χ0) is 11.5. The summed E-state index contributed by atoms with van der Waals surface area (Å²) < 4.78 is 13.7. The molecule has 0 radical (unpaired) electrons. The second-order valence-corrected chi connectivity index (χ2v) is 4.14. The van der Waals surface area contributed by atoms with E-state index < -0.39 is 0 Å². The van der Waals surface area contributed by atoms with Crippen LogP contribution in [0.3, 0.4) is 0 Å². The molecule has 0 aliphatic heterocycles. The highest BCUT2D eigenvalue weighted by Gasteiger charge is 2.07. The molecule has 0 amide bonds. The number of nitrogens with zero attached hydrogens (tertiary/aromatic N) is 1. The maximum Gasteiger partial charge on any atom is 0.131 e. The minimum absolute atomic E-state index is 0.197. The average molecular weight is 215 g/mol. The Morgan fingerprint density at radius 3 is 2.62 bits per heavy atom. The first-order valence-electron chi connectivity index (χ1n) is 5.38. The van der Waals surface area contributed by atoms with Crippen LogP contribution in [0.1, 0.15) is 25.3 Å². The predicted molar refractivity (Wildman–Crippen MR) is 63.7 cm³/mol. The van der Waals surface area contributed by atoms with Gasteiger partial charge in [-0.2, -0.15) is 0 Å². The SMILES string of the molecule is CC(C)c1ccc(F)c(-c2cccnc2)c1. The molecule has 2 aromatic rings. The van der Waals surface area contributed by atoms with E-state index in [0.29, 0.717) is 11.5 Å². The molecule has 1 aromatic carbocycles. The number of pyridine rings is 1. The van der Waals surface area contributed by atoms with Crippen LogP contribution >= 0.6 is 0 Å². The van der Waals surface area contributed by atoms with Gasteiger partial charge in [0.2, 0.25) is 0 Å². The van der Waals surface area contributed by atoms with E-state index in [0.717, 1.165) is 11.1 Å². The number of benzene rings is 1. The summed E-state index contributed by atoms with van der Waals surface area (Å²) in [5.41, 5.74) is 2.59. The lowest BCUT2D eigenvalue weighted by Crippen LogP contribution is -1.91. The molecule has 0 bridgehead atoms. The van der Waals surface area contributed by atoms with Crippen LogP contribution in [0.2, 0.25) is 0 Å². The molecular weight excluding hydrogens is 201 g/mol. The van der Waals surface area contributed by atoms with Crippen molar-refractivity contribution < 1.29 is 4.39 Å². The smallest absolute Gasteiger partial charge is 0.131 e. The third-order valence-electron chi connectivity index (χ3n) is 2.63. The van der Waals surface area contributed by atoms with Crippen molar-refractivity contribution in [3.63, 3.8) is 0 Å². The van der Waals surface area contributed by atoms with Crippen molar-refractivity contribution >= 4 is 0 Å². The molecule has 2 rings (SSSR count). The Bertz CT molecular complexity index is 477. The Morgan fingerprint density at radius 1 is 1.19 bits per heavy atom. The lowest BCUT2D eigenvalue weighted by Gasteiger charge is -2.09. The summed E-state index contributed by atoms with van der Waals surface area (Å²) >= 11 is 0. The van der Waals surface area contributed by atoms with Gasteiger partial charge in [-0.15, -0.1) is 0 Å². The Kier molecular flexibility index (Phi) is 3.00. The van der Waals surface area contributed by atoms with Crippen LogP contribution in [0.25, 0.3) is 11.1 Å². The van der Waals surface area contributed by atoms with E-state index in [4.69, 9.17) is 0 Å². The van der Waals surface area contributed by atoms with Crippen molar-refractivity contribution in [2.75, 3.05) is 0 Å². The molecule has 0 saturated carbocycles. The first-order chi connectivity index (χ1) is 7.68. The minimum Gasteiger partial charge on any atom is -0.264 e. The van der Waals surface area contributed by atoms with Gasteiger partial charge in [0.15, 0.2) is 0 Å². The molecule has 0 unspecified atom stereocenters. The highest BCUT2D eigenvalue weighted by Crippen LogP contribution is 2.26. The molecule has 0 aliphatic carbocycles. The Morgan fingerprint density at radius 2 is 2.00 bits per heavy atom. The molecule has 1 nitrogen and oxygen atoms in total. The molecule has 0 N–H and O–H groups in total. The van der Waals surface area contributed by atoms with Crippen molar-refractivity contribution in [1.29, 1.82) is 0 Å². The lowest BCUT2D eigenvalue weighted by molar-refractivity contribution is 0.629. The van der Waals surface area contributed by atoms with Crippen LogP contribution in [0.5, 0.6) is 0 Å². The molecule has 1 aromatic heterocycles. The fourth-order valence-electron chi connectivity index (χ4n) is 1.65. The second-order valence-electron chi connectivity index (χ2n) is 4.14. The molecule has 0 aliphatic rings. The first-order valence-corrected chi connectivity index (χ1v) is 5.38. The van der Waals surface area contributed by atoms with Gasteiger partial charge in [0.1, 0.15) is 5.82 Å². The largest absolute Gasteiger partial charge is 0.264 e. The second kappa shape index (κ2) is 4.44. The van der Waals surface area contributed by atoms with Crippen molar-refractivity contribution in [2.45, 2.75) is 19.8 Å². The molecule has 0 spiro atoms. The highest BCUT2D eigenvalue weighted by atomic mass is 19.1. The summed E-state index contributed by atoms with van der Waals surface area (Å²) in [7, 11) is 0. The maximum absolute atomic E-state index is 13.7. The average Bonchev–Trinajstić information content (AvgIpc) is 2.30. The molecule has 82 valence electrons. The monoisotopic (exact) mass is 215 g/mol. The summed E-state index contributed by atoms with van der Waals surface area (Å²) in [5, 5.41) is 0.